The summed E-state index contributed by atoms with van der Waals surface area (Å²) in [7, 11) is 0. The largest absolute Gasteiger partial charge is 0.439 e. The number of furan rings is 1. The van der Waals surface area contributed by atoms with Gasteiger partial charge in [0.25, 0.3) is 0 Å². The molecule has 0 fully saturated rings. The molecule has 0 amide bonds. The minimum atomic E-state index is 0.944. The van der Waals surface area contributed by atoms with Crippen molar-refractivity contribution in [3.63, 3.8) is 0 Å². The number of aryl methyl sites for hydroxylation is 3. The summed E-state index contributed by atoms with van der Waals surface area (Å²) >= 11 is 0. The summed E-state index contributed by atoms with van der Waals surface area (Å²) in [6.07, 6.45) is 3.17. The molecule has 0 bridgehead atoms. The van der Waals surface area contributed by atoms with Crippen molar-refractivity contribution in [3.8, 4) is 11.1 Å². The van der Waals surface area contributed by atoms with Gasteiger partial charge in [0.2, 0.25) is 5.88 Å². The predicted molar refractivity (Wildman–Crippen MR) is 133 cm³/mol. The maximum absolute atomic E-state index is 6.60. The maximum Gasteiger partial charge on any atom is 0.209 e. The zero-order valence-electron chi connectivity index (χ0n) is 18.2. The highest BCUT2D eigenvalue weighted by atomic mass is 16.4. The molecule has 0 saturated carbocycles. The van der Waals surface area contributed by atoms with E-state index in [0.717, 1.165) is 36.4 Å². The molecule has 1 aliphatic rings. The van der Waals surface area contributed by atoms with E-state index in [-0.39, 0.29) is 0 Å². The second-order valence-electron chi connectivity index (χ2n) is 8.59. The minimum Gasteiger partial charge on any atom is -0.439 e. The van der Waals surface area contributed by atoms with Gasteiger partial charge in [-0.1, -0.05) is 78.4 Å². The molecule has 32 heavy (non-hydrogen) atoms. The van der Waals surface area contributed by atoms with Crippen molar-refractivity contribution < 1.29 is 4.42 Å². The monoisotopic (exact) mass is 415 g/mol. The molecule has 156 valence electrons. The zero-order chi connectivity index (χ0) is 21.5. The molecular weight excluding hydrogens is 390 g/mol. The molecule has 1 aromatic heterocycles. The highest BCUT2D eigenvalue weighted by Crippen LogP contribution is 2.47. The lowest BCUT2D eigenvalue weighted by Crippen LogP contribution is -2.16. The summed E-state index contributed by atoms with van der Waals surface area (Å²) in [4.78, 5) is 2.35. The number of anilines is 3. The molecule has 0 unspecified atom stereocenters. The van der Waals surface area contributed by atoms with E-state index < -0.39 is 0 Å². The number of rotatable bonds is 2. The molecule has 2 heteroatoms. The van der Waals surface area contributed by atoms with Crippen molar-refractivity contribution in [1.29, 1.82) is 0 Å². The summed E-state index contributed by atoms with van der Waals surface area (Å²) in [5.41, 5.74) is 9.64. The van der Waals surface area contributed by atoms with Crippen LogP contribution in [0.1, 0.15) is 23.1 Å². The van der Waals surface area contributed by atoms with Gasteiger partial charge >= 0.3 is 0 Å². The summed E-state index contributed by atoms with van der Waals surface area (Å²) in [6, 6.07) is 34.6. The van der Waals surface area contributed by atoms with Crippen molar-refractivity contribution in [2.24, 2.45) is 0 Å². The van der Waals surface area contributed by atoms with Crippen LogP contribution in [0.5, 0.6) is 0 Å². The number of para-hydroxylation sites is 2. The minimum absolute atomic E-state index is 0.944. The van der Waals surface area contributed by atoms with E-state index in [1.807, 2.05) is 0 Å². The summed E-state index contributed by atoms with van der Waals surface area (Å²) < 4.78 is 6.60. The van der Waals surface area contributed by atoms with E-state index in [4.69, 9.17) is 4.42 Å². The molecule has 0 aliphatic carbocycles. The molecule has 0 radical (unpaired) electrons. The van der Waals surface area contributed by atoms with Gasteiger partial charge in [-0.3, -0.25) is 4.90 Å². The zero-order valence-corrected chi connectivity index (χ0v) is 18.2. The van der Waals surface area contributed by atoms with Gasteiger partial charge in [-0.25, -0.2) is 0 Å². The predicted octanol–water partition coefficient (Wildman–Crippen LogP) is 8.37. The molecule has 6 rings (SSSR count). The molecule has 0 spiro atoms. The van der Waals surface area contributed by atoms with E-state index in [1.165, 1.54) is 38.9 Å². The third kappa shape index (κ3) is 3.11. The molecule has 2 nitrogen and oxygen atoms in total. The highest BCUT2D eigenvalue weighted by molar-refractivity contribution is 5.94. The van der Waals surface area contributed by atoms with Crippen LogP contribution in [-0.4, -0.2) is 0 Å². The van der Waals surface area contributed by atoms with Crippen LogP contribution in [0.15, 0.2) is 101 Å². The van der Waals surface area contributed by atoms with Crippen LogP contribution >= 0.6 is 0 Å². The first-order valence-corrected chi connectivity index (χ1v) is 11.3. The Morgan fingerprint density at radius 3 is 2.41 bits per heavy atom. The lowest BCUT2D eigenvalue weighted by atomic mass is 9.95. The van der Waals surface area contributed by atoms with Crippen LogP contribution in [0, 0.1) is 6.92 Å². The average molecular weight is 416 g/mol. The van der Waals surface area contributed by atoms with E-state index in [0.29, 0.717) is 0 Å². The van der Waals surface area contributed by atoms with Gasteiger partial charge in [0, 0.05) is 16.5 Å². The number of benzene rings is 4. The number of hydrogen-bond acceptors (Lipinski definition) is 2. The number of hydrogen-bond donors (Lipinski definition) is 0. The summed E-state index contributed by atoms with van der Waals surface area (Å²) in [6.45, 7) is 2.16. The Labute approximate surface area is 188 Å². The third-order valence-corrected chi connectivity index (χ3v) is 6.46. The fourth-order valence-corrected chi connectivity index (χ4v) is 4.95. The Hall–Kier alpha value is -3.78. The van der Waals surface area contributed by atoms with Crippen molar-refractivity contribution in [2.75, 3.05) is 4.90 Å². The fraction of sp³-hybridized carbons (Fsp3) is 0.133. The van der Waals surface area contributed by atoms with Gasteiger partial charge in [0.15, 0.2) is 0 Å². The lowest BCUT2D eigenvalue weighted by Gasteiger charge is -2.30. The van der Waals surface area contributed by atoms with E-state index in [9.17, 15) is 0 Å². The van der Waals surface area contributed by atoms with Crippen LogP contribution in [0.4, 0.5) is 17.3 Å². The molecule has 4 aromatic carbocycles. The van der Waals surface area contributed by atoms with Crippen molar-refractivity contribution in [1.82, 2.24) is 0 Å². The van der Waals surface area contributed by atoms with Crippen LogP contribution in [0.3, 0.4) is 0 Å². The van der Waals surface area contributed by atoms with E-state index in [1.54, 1.807) is 0 Å². The molecule has 0 atom stereocenters. The molecule has 5 aromatic rings. The highest BCUT2D eigenvalue weighted by Gasteiger charge is 2.27. The first-order chi connectivity index (χ1) is 15.8. The summed E-state index contributed by atoms with van der Waals surface area (Å²) in [5, 5.41) is 1.22. The SMILES string of the molecule is Cc1ccc(N2c3ccccc3CCCc3c2oc2ccccc32)c(-c2ccccc2)c1. The van der Waals surface area contributed by atoms with Crippen molar-refractivity contribution >= 4 is 28.2 Å². The van der Waals surface area contributed by atoms with Gasteiger partial charge in [0.1, 0.15) is 5.58 Å². The summed E-state index contributed by atoms with van der Waals surface area (Å²) in [5.74, 6) is 0.944. The first kappa shape index (κ1) is 18.9. The smallest absolute Gasteiger partial charge is 0.209 e. The Kier molecular flexibility index (Phi) is 4.57. The Balaban J connectivity index is 1.68. The average Bonchev–Trinajstić information content (AvgIpc) is 3.18. The standard InChI is InChI=1S/C30H25NO/c1-21-18-19-28(26(20-21)22-10-3-2-4-11-22)31-27-16-7-5-12-23(27)13-9-15-25-24-14-6-8-17-29(24)32-30(25)31/h2-8,10-12,14,16-20H,9,13,15H2,1H3. The van der Waals surface area contributed by atoms with Crippen LogP contribution in [-0.2, 0) is 12.8 Å². The van der Waals surface area contributed by atoms with Crippen LogP contribution in [0.2, 0.25) is 0 Å². The molecule has 2 heterocycles. The second-order valence-corrected chi connectivity index (χ2v) is 8.59. The van der Waals surface area contributed by atoms with Gasteiger partial charge in [-0.15, -0.1) is 0 Å². The van der Waals surface area contributed by atoms with Crippen molar-refractivity contribution in [2.45, 2.75) is 26.2 Å². The second kappa shape index (κ2) is 7.72. The fourth-order valence-electron chi connectivity index (χ4n) is 4.95. The maximum atomic E-state index is 6.60. The molecule has 0 N–H and O–H groups in total. The van der Waals surface area contributed by atoms with E-state index in [2.05, 4.69) is 109 Å². The van der Waals surface area contributed by atoms with Crippen LogP contribution < -0.4 is 4.90 Å². The number of nitrogens with zero attached hydrogens (tertiary/aromatic N) is 1. The van der Waals surface area contributed by atoms with E-state index >= 15 is 0 Å². The normalized spacial score (nSPS) is 13.3. The van der Waals surface area contributed by atoms with Gasteiger partial charge in [0.05, 0.1) is 11.4 Å². The van der Waals surface area contributed by atoms with Gasteiger partial charge < -0.3 is 4.42 Å². The Bertz CT molecular complexity index is 1410. The van der Waals surface area contributed by atoms with Gasteiger partial charge in [-0.2, -0.15) is 0 Å². The first-order valence-electron chi connectivity index (χ1n) is 11.3. The van der Waals surface area contributed by atoms with Gasteiger partial charge in [-0.05, 0) is 61.6 Å². The molecular formula is C30H25NO. The lowest BCUT2D eigenvalue weighted by molar-refractivity contribution is 0.611. The Morgan fingerprint density at radius 2 is 1.50 bits per heavy atom. The number of fused-ring (bicyclic) bond motifs is 4. The Morgan fingerprint density at radius 1 is 0.719 bits per heavy atom. The third-order valence-electron chi connectivity index (χ3n) is 6.46. The van der Waals surface area contributed by atoms with Crippen molar-refractivity contribution in [3.05, 3.63) is 114 Å². The molecule has 0 saturated heterocycles. The molecule has 1 aliphatic heterocycles. The van der Waals surface area contributed by atoms with Crippen LogP contribution in [0.25, 0.3) is 22.1 Å². The quantitative estimate of drug-likeness (QED) is 0.288. The topological polar surface area (TPSA) is 16.4 Å².